The van der Waals surface area contributed by atoms with E-state index in [0.717, 1.165) is 0 Å². The van der Waals surface area contributed by atoms with Crippen molar-refractivity contribution in [1.82, 2.24) is 5.32 Å². The molecule has 2 fully saturated rings. The van der Waals surface area contributed by atoms with Crippen LogP contribution in [-0.4, -0.2) is 91.0 Å². The topological polar surface area (TPSA) is 198 Å². The lowest BCUT2D eigenvalue weighted by atomic mass is 9.57. The van der Waals surface area contributed by atoms with Gasteiger partial charge in [0.15, 0.2) is 23.9 Å². The number of carbonyl (C=O) groups excluding carboxylic acids is 1. The number of ether oxygens (including phenoxy) is 1. The molecule has 2 unspecified atom stereocenters. The van der Waals surface area contributed by atoms with Crippen molar-refractivity contribution < 1.29 is 40.2 Å². The van der Waals surface area contributed by atoms with Gasteiger partial charge in [-0.2, -0.15) is 0 Å². The predicted octanol–water partition coefficient (Wildman–Crippen LogP) is -5.68. The molecule has 0 amide bonds. The lowest BCUT2D eigenvalue weighted by Gasteiger charge is -2.62. The van der Waals surface area contributed by atoms with E-state index in [9.17, 15) is 35.4 Å². The number of nitrogens with zero attached hydrogens (tertiary/aromatic N) is 1. The summed E-state index contributed by atoms with van der Waals surface area (Å²) in [6.45, 7) is -1.06. The highest BCUT2D eigenvalue weighted by Crippen LogP contribution is 2.49. The Morgan fingerprint density at radius 2 is 1.91 bits per heavy atom. The molecule has 9 N–H and O–H groups in total. The lowest BCUT2D eigenvalue weighted by Crippen LogP contribution is -2.88. The van der Waals surface area contributed by atoms with Gasteiger partial charge < -0.3 is 46.4 Å². The number of nitrogens with one attached hydrogen (secondary N) is 1. The fourth-order valence-electron chi connectivity index (χ4n) is 3.65. The van der Waals surface area contributed by atoms with Crippen molar-refractivity contribution in [2.45, 2.75) is 41.8 Å². The van der Waals surface area contributed by atoms with E-state index in [4.69, 9.17) is 10.5 Å². The molecule has 3 aliphatic rings. The summed E-state index contributed by atoms with van der Waals surface area (Å²) in [7, 11) is 0. The van der Waals surface area contributed by atoms with Crippen LogP contribution in [0.4, 0.5) is 0 Å². The highest BCUT2D eigenvalue weighted by molar-refractivity contribution is 5.85. The second kappa shape index (κ2) is 4.50. The van der Waals surface area contributed by atoms with E-state index in [1.165, 1.54) is 0 Å². The molecule has 3 rings (SSSR count). The fourth-order valence-corrected chi connectivity index (χ4v) is 3.65. The van der Waals surface area contributed by atoms with Crippen LogP contribution in [0.25, 0.3) is 0 Å². The summed E-state index contributed by atoms with van der Waals surface area (Å²) >= 11 is 0. The molecule has 0 aromatic heterocycles. The van der Waals surface area contributed by atoms with Crippen molar-refractivity contribution in [2.75, 3.05) is 6.61 Å². The molecule has 0 aromatic rings. The molecular weight excluding hydrogens is 302 g/mol. The number of nitrogens with two attached hydrogens (primary N) is 1. The number of carbonyl (C=O) groups is 1. The summed E-state index contributed by atoms with van der Waals surface area (Å²) < 4.78 is 4.88. The second-order valence-electron chi connectivity index (χ2n) is 5.81. The largest absolute Gasteiger partial charge is 0.457 e. The Balaban J connectivity index is 2.23. The maximum absolute atomic E-state index is 11.9. The number of hydrogen-bond donors (Lipinski definition) is 8. The molecule has 2 heterocycles. The van der Waals surface area contributed by atoms with E-state index < -0.39 is 60.3 Å². The first-order chi connectivity index (χ1) is 10.2. The van der Waals surface area contributed by atoms with Gasteiger partial charge in [-0.1, -0.05) is 0 Å². The average molecular weight is 319 g/mol. The summed E-state index contributed by atoms with van der Waals surface area (Å²) in [5.41, 5.74) is 1.04. The number of aliphatic hydroxyl groups is 6. The first-order valence-electron chi connectivity index (χ1n) is 6.57. The summed E-state index contributed by atoms with van der Waals surface area (Å²) in [5.74, 6) is -2.91. The Morgan fingerprint density at radius 1 is 1.27 bits per heavy atom. The maximum Gasteiger partial charge on any atom is 0.337 e. The van der Waals surface area contributed by atoms with Crippen LogP contribution >= 0.6 is 0 Å². The zero-order chi connectivity index (χ0) is 16.4. The maximum atomic E-state index is 11.9. The molecule has 8 atom stereocenters. The van der Waals surface area contributed by atoms with E-state index in [1.54, 1.807) is 0 Å². The predicted molar refractivity (Wildman–Crippen MR) is 66.9 cm³/mol. The molecule has 2 aliphatic heterocycles. The SMILES string of the molecule is NC1=N[C@H](O)[C@H]2[C@H]3OC(=O)[C@@H](O)C2(N1)C(O)[C@@H](O)[C@]3(O)CO. The monoisotopic (exact) mass is 319 g/mol. The molecule has 0 aromatic carbocycles. The summed E-state index contributed by atoms with van der Waals surface area (Å²) in [4.78, 5) is 15.5. The standard InChI is InChI=1S/C11H17N3O8/c12-9-13-7(19)2-6-10(21,1-15)3(16)4(17)11(2,14-9)5(18)8(20)22-6/h2-7,15-19,21H,1H2,(H3,12,13,14)/t2-,3-,4?,5-,6-,7-,10-,11?/m1/s1. The highest BCUT2D eigenvalue weighted by Gasteiger charge is 2.75. The number of hydrogen-bond acceptors (Lipinski definition) is 11. The zero-order valence-electron chi connectivity index (χ0n) is 11.2. The van der Waals surface area contributed by atoms with Crippen molar-refractivity contribution in [1.29, 1.82) is 0 Å². The third-order valence-electron chi connectivity index (χ3n) is 4.78. The molecule has 22 heavy (non-hydrogen) atoms. The minimum atomic E-state index is -2.44. The third kappa shape index (κ3) is 1.55. The molecule has 0 radical (unpaired) electrons. The van der Waals surface area contributed by atoms with Crippen molar-refractivity contribution in [3.63, 3.8) is 0 Å². The van der Waals surface area contributed by atoms with E-state index in [1.807, 2.05) is 0 Å². The molecule has 1 saturated heterocycles. The Labute approximate surface area is 123 Å². The zero-order valence-corrected chi connectivity index (χ0v) is 11.2. The van der Waals surface area contributed by atoms with E-state index in [-0.39, 0.29) is 5.96 Å². The van der Waals surface area contributed by atoms with Gasteiger partial charge >= 0.3 is 5.97 Å². The van der Waals surface area contributed by atoms with Crippen LogP contribution in [0.2, 0.25) is 0 Å². The summed E-state index contributed by atoms with van der Waals surface area (Å²) in [5, 5.41) is 63.1. The number of rotatable bonds is 1. The average Bonchev–Trinajstić information content (AvgIpc) is 2.47. The van der Waals surface area contributed by atoms with Crippen LogP contribution in [-0.2, 0) is 9.53 Å². The number of guanidine groups is 1. The third-order valence-corrected chi connectivity index (χ3v) is 4.78. The second-order valence-corrected chi connectivity index (χ2v) is 5.81. The lowest BCUT2D eigenvalue weighted by molar-refractivity contribution is -0.309. The van der Waals surface area contributed by atoms with Gasteiger partial charge in [0, 0.05) is 0 Å². The first-order valence-corrected chi connectivity index (χ1v) is 6.57. The number of aliphatic imine (C=N–C) groups is 1. The van der Waals surface area contributed by atoms with Gasteiger partial charge in [-0.15, -0.1) is 0 Å². The highest BCUT2D eigenvalue weighted by atomic mass is 16.6. The van der Waals surface area contributed by atoms with Gasteiger partial charge in [0.25, 0.3) is 0 Å². The molecule has 0 spiro atoms. The van der Waals surface area contributed by atoms with Crippen LogP contribution in [0.15, 0.2) is 4.99 Å². The molecular formula is C11H17N3O8. The normalized spacial score (nSPS) is 53.9. The van der Waals surface area contributed by atoms with Crippen LogP contribution in [0, 0.1) is 5.92 Å². The molecule has 11 heteroatoms. The molecule has 1 aliphatic carbocycles. The van der Waals surface area contributed by atoms with Crippen molar-refractivity contribution in [2.24, 2.45) is 16.6 Å². The Morgan fingerprint density at radius 3 is 2.50 bits per heavy atom. The number of aliphatic hydroxyl groups excluding tert-OH is 5. The molecule has 11 nitrogen and oxygen atoms in total. The molecule has 2 bridgehead atoms. The van der Waals surface area contributed by atoms with E-state index >= 15 is 0 Å². The Bertz CT molecular complexity index is 543. The van der Waals surface area contributed by atoms with E-state index in [0.29, 0.717) is 0 Å². The Hall–Kier alpha value is -1.50. The van der Waals surface area contributed by atoms with Crippen LogP contribution in [0.3, 0.4) is 0 Å². The van der Waals surface area contributed by atoms with Crippen molar-refractivity contribution in [3.05, 3.63) is 0 Å². The van der Waals surface area contributed by atoms with E-state index in [2.05, 4.69) is 10.3 Å². The summed E-state index contributed by atoms with van der Waals surface area (Å²) in [6, 6.07) is 0. The first kappa shape index (κ1) is 15.4. The van der Waals surface area contributed by atoms with Crippen LogP contribution < -0.4 is 11.1 Å². The quantitative estimate of drug-likeness (QED) is 0.215. The van der Waals surface area contributed by atoms with Crippen molar-refractivity contribution >= 4 is 11.9 Å². The van der Waals surface area contributed by atoms with Gasteiger partial charge in [-0.25, -0.2) is 9.79 Å². The molecule has 124 valence electrons. The van der Waals surface area contributed by atoms with Gasteiger partial charge in [-0.3, -0.25) is 0 Å². The van der Waals surface area contributed by atoms with Gasteiger partial charge in [-0.05, 0) is 0 Å². The number of esters is 1. The fraction of sp³-hybridized carbons (Fsp3) is 0.818. The minimum Gasteiger partial charge on any atom is -0.457 e. The van der Waals surface area contributed by atoms with Gasteiger partial charge in [0.05, 0.1) is 12.5 Å². The van der Waals surface area contributed by atoms with Gasteiger partial charge in [0.1, 0.15) is 23.9 Å². The Kier molecular flexibility index (Phi) is 3.15. The summed E-state index contributed by atoms with van der Waals surface area (Å²) in [6.07, 6.45) is -9.17. The van der Waals surface area contributed by atoms with Crippen LogP contribution in [0.1, 0.15) is 0 Å². The van der Waals surface area contributed by atoms with Crippen LogP contribution in [0.5, 0.6) is 0 Å². The van der Waals surface area contributed by atoms with Gasteiger partial charge in [0.2, 0.25) is 0 Å². The van der Waals surface area contributed by atoms with Crippen molar-refractivity contribution in [3.8, 4) is 0 Å². The minimum absolute atomic E-state index is 0.364. The smallest absolute Gasteiger partial charge is 0.337 e. The molecule has 1 saturated carbocycles.